The molecule has 0 spiro atoms. The highest BCUT2D eigenvalue weighted by atomic mass is 35.5. The maximum atomic E-state index is 11.1. The number of methoxy groups -OCH3 is 1. The molecule has 0 heterocycles. The molecule has 1 unspecified atom stereocenters. The van der Waals surface area contributed by atoms with Gasteiger partial charge in [0.05, 0.1) is 12.0 Å². The van der Waals surface area contributed by atoms with E-state index in [2.05, 4.69) is 5.32 Å². The van der Waals surface area contributed by atoms with Crippen LogP contribution in [0.4, 0.5) is 4.79 Å². The van der Waals surface area contributed by atoms with Crippen LogP contribution in [-0.2, 0) is 9.47 Å². The lowest BCUT2D eigenvalue weighted by Gasteiger charge is -2.20. The summed E-state index contributed by atoms with van der Waals surface area (Å²) in [5.41, 5.74) is -0.479. The lowest BCUT2D eigenvalue weighted by atomic mass is 10.2. The van der Waals surface area contributed by atoms with E-state index in [1.54, 1.807) is 27.9 Å². The first kappa shape index (κ1) is 13.5. The summed E-state index contributed by atoms with van der Waals surface area (Å²) < 4.78 is 9.83. The zero-order chi connectivity index (χ0) is 11.2. The molecule has 14 heavy (non-hydrogen) atoms. The van der Waals surface area contributed by atoms with Gasteiger partial charge in [0.1, 0.15) is 5.60 Å². The molecule has 4 nitrogen and oxygen atoms in total. The van der Waals surface area contributed by atoms with Gasteiger partial charge < -0.3 is 14.8 Å². The lowest BCUT2D eigenvalue weighted by Crippen LogP contribution is -2.36. The van der Waals surface area contributed by atoms with Gasteiger partial charge in [-0.1, -0.05) is 0 Å². The fourth-order valence-corrected chi connectivity index (χ4v) is 0.951. The molecule has 0 aromatic rings. The standard InChI is InChI=1S/C9H18ClNO3/c1-9(2,3)14-8(12)11-5-7(10)6-13-4/h7H,5-6H2,1-4H3,(H,11,12). The third kappa shape index (κ3) is 8.13. The highest BCUT2D eigenvalue weighted by Crippen LogP contribution is 2.06. The van der Waals surface area contributed by atoms with Gasteiger partial charge in [0.25, 0.3) is 0 Å². The van der Waals surface area contributed by atoms with Crippen molar-refractivity contribution in [1.82, 2.24) is 5.32 Å². The van der Waals surface area contributed by atoms with E-state index >= 15 is 0 Å². The maximum Gasteiger partial charge on any atom is 0.407 e. The highest BCUT2D eigenvalue weighted by Gasteiger charge is 2.16. The molecule has 1 amide bonds. The molecule has 1 atom stereocenters. The minimum atomic E-state index is -0.479. The number of hydrogen-bond acceptors (Lipinski definition) is 3. The number of halogens is 1. The molecular weight excluding hydrogens is 206 g/mol. The molecule has 0 aliphatic carbocycles. The number of carbonyl (C=O) groups is 1. The monoisotopic (exact) mass is 223 g/mol. The Balaban J connectivity index is 3.64. The first-order chi connectivity index (χ1) is 6.35. The number of amides is 1. The zero-order valence-electron chi connectivity index (χ0n) is 9.09. The van der Waals surface area contributed by atoms with E-state index < -0.39 is 11.7 Å². The van der Waals surface area contributed by atoms with Crippen LogP contribution in [0.25, 0.3) is 0 Å². The van der Waals surface area contributed by atoms with Crippen LogP contribution in [0.1, 0.15) is 20.8 Å². The number of rotatable bonds is 4. The minimum Gasteiger partial charge on any atom is -0.444 e. The summed E-state index contributed by atoms with van der Waals surface area (Å²) in [5, 5.41) is 2.32. The maximum absolute atomic E-state index is 11.1. The van der Waals surface area contributed by atoms with Gasteiger partial charge in [-0.25, -0.2) is 4.79 Å². The smallest absolute Gasteiger partial charge is 0.407 e. The highest BCUT2D eigenvalue weighted by molar-refractivity contribution is 6.21. The molecule has 0 bridgehead atoms. The lowest BCUT2D eigenvalue weighted by molar-refractivity contribution is 0.0524. The predicted molar refractivity (Wildman–Crippen MR) is 55.8 cm³/mol. The average Bonchev–Trinajstić information content (AvgIpc) is 1.98. The van der Waals surface area contributed by atoms with E-state index in [1.807, 2.05) is 0 Å². The van der Waals surface area contributed by atoms with Gasteiger partial charge in [-0.2, -0.15) is 0 Å². The summed E-state index contributed by atoms with van der Waals surface area (Å²) in [6.07, 6.45) is -0.459. The number of ether oxygens (including phenoxy) is 2. The first-order valence-corrected chi connectivity index (χ1v) is 4.88. The van der Waals surface area contributed by atoms with Crippen molar-refractivity contribution in [2.45, 2.75) is 31.7 Å². The molecule has 0 saturated heterocycles. The van der Waals surface area contributed by atoms with Crippen molar-refractivity contribution in [2.24, 2.45) is 0 Å². The molecule has 0 aromatic carbocycles. The number of alkyl carbamates (subject to hydrolysis) is 1. The molecule has 0 saturated carbocycles. The van der Waals surface area contributed by atoms with Crippen molar-refractivity contribution in [3.8, 4) is 0 Å². The third-order valence-corrected chi connectivity index (χ3v) is 1.49. The van der Waals surface area contributed by atoms with Crippen molar-refractivity contribution < 1.29 is 14.3 Å². The fraction of sp³-hybridized carbons (Fsp3) is 0.889. The number of hydrogen-bond donors (Lipinski definition) is 1. The second-order valence-electron chi connectivity index (χ2n) is 3.94. The van der Waals surface area contributed by atoms with E-state index in [0.717, 1.165) is 0 Å². The Morgan fingerprint density at radius 3 is 2.50 bits per heavy atom. The summed E-state index contributed by atoms with van der Waals surface area (Å²) in [6.45, 7) is 6.15. The molecule has 0 fully saturated rings. The third-order valence-electron chi connectivity index (χ3n) is 1.21. The fourth-order valence-electron chi connectivity index (χ4n) is 0.748. The summed E-state index contributed by atoms with van der Waals surface area (Å²) in [6, 6.07) is 0. The zero-order valence-corrected chi connectivity index (χ0v) is 9.85. The Kier molecular flexibility index (Phi) is 5.88. The van der Waals surface area contributed by atoms with Gasteiger partial charge in [-0.3, -0.25) is 0 Å². The molecule has 1 N–H and O–H groups in total. The van der Waals surface area contributed by atoms with Gasteiger partial charge in [0, 0.05) is 13.7 Å². The second-order valence-corrected chi connectivity index (χ2v) is 4.55. The van der Waals surface area contributed by atoms with Crippen LogP contribution < -0.4 is 5.32 Å². The van der Waals surface area contributed by atoms with E-state index in [0.29, 0.717) is 13.2 Å². The molecule has 0 rings (SSSR count). The van der Waals surface area contributed by atoms with E-state index in [1.165, 1.54) is 0 Å². The van der Waals surface area contributed by atoms with Crippen LogP contribution in [0, 0.1) is 0 Å². The van der Waals surface area contributed by atoms with Crippen LogP contribution in [0.3, 0.4) is 0 Å². The van der Waals surface area contributed by atoms with E-state index in [-0.39, 0.29) is 5.38 Å². The van der Waals surface area contributed by atoms with Crippen molar-refractivity contribution in [2.75, 3.05) is 20.3 Å². The molecular formula is C9H18ClNO3. The summed E-state index contributed by atoms with van der Waals surface area (Å²) >= 11 is 5.80. The van der Waals surface area contributed by atoms with Gasteiger partial charge in [0.2, 0.25) is 0 Å². The van der Waals surface area contributed by atoms with Crippen LogP contribution in [0.5, 0.6) is 0 Å². The first-order valence-electron chi connectivity index (χ1n) is 4.45. The van der Waals surface area contributed by atoms with Crippen molar-refractivity contribution in [3.63, 3.8) is 0 Å². The molecule has 0 radical (unpaired) electrons. The Hall–Kier alpha value is -0.480. The van der Waals surface area contributed by atoms with Gasteiger partial charge in [0.15, 0.2) is 0 Å². The average molecular weight is 224 g/mol. The van der Waals surface area contributed by atoms with Crippen molar-refractivity contribution in [3.05, 3.63) is 0 Å². The number of carbonyl (C=O) groups excluding carboxylic acids is 1. The predicted octanol–water partition coefficient (Wildman–Crippen LogP) is 1.76. The van der Waals surface area contributed by atoms with E-state index in [4.69, 9.17) is 21.1 Å². The Morgan fingerprint density at radius 2 is 2.07 bits per heavy atom. The van der Waals surface area contributed by atoms with Crippen LogP contribution in [-0.4, -0.2) is 37.3 Å². The Bertz CT molecular complexity index is 179. The number of alkyl halides is 1. The molecule has 5 heteroatoms. The largest absolute Gasteiger partial charge is 0.444 e. The van der Waals surface area contributed by atoms with Gasteiger partial charge in [-0.15, -0.1) is 11.6 Å². The Morgan fingerprint density at radius 1 is 1.50 bits per heavy atom. The van der Waals surface area contributed by atoms with Crippen LogP contribution in [0.2, 0.25) is 0 Å². The summed E-state index contributed by atoms with van der Waals surface area (Å²) in [4.78, 5) is 11.1. The van der Waals surface area contributed by atoms with Crippen LogP contribution >= 0.6 is 11.6 Å². The van der Waals surface area contributed by atoms with Crippen molar-refractivity contribution >= 4 is 17.7 Å². The molecule has 0 aliphatic rings. The molecule has 0 aromatic heterocycles. The SMILES string of the molecule is COCC(Cl)CNC(=O)OC(C)(C)C. The second kappa shape index (κ2) is 6.09. The summed E-state index contributed by atoms with van der Waals surface area (Å²) in [7, 11) is 1.56. The summed E-state index contributed by atoms with van der Waals surface area (Å²) in [5.74, 6) is 0. The topological polar surface area (TPSA) is 47.6 Å². The van der Waals surface area contributed by atoms with Gasteiger partial charge in [-0.05, 0) is 20.8 Å². The number of nitrogens with one attached hydrogen (secondary N) is 1. The normalized spacial score (nSPS) is 13.5. The van der Waals surface area contributed by atoms with E-state index in [9.17, 15) is 4.79 Å². The minimum absolute atomic E-state index is 0.229. The quantitative estimate of drug-likeness (QED) is 0.739. The molecule has 84 valence electrons. The molecule has 0 aliphatic heterocycles. The van der Waals surface area contributed by atoms with Crippen LogP contribution in [0.15, 0.2) is 0 Å². The van der Waals surface area contributed by atoms with Crippen molar-refractivity contribution in [1.29, 1.82) is 0 Å². The Labute approximate surface area is 89.9 Å². The van der Waals surface area contributed by atoms with Gasteiger partial charge >= 0.3 is 6.09 Å².